The Bertz CT molecular complexity index is 1090. The highest BCUT2D eigenvalue weighted by atomic mass is 35.5. The molecule has 3 rings (SSSR count). The van der Waals surface area contributed by atoms with Crippen molar-refractivity contribution in [2.45, 2.75) is 26.2 Å². The lowest BCUT2D eigenvalue weighted by molar-refractivity contribution is 0.403. The SMILES string of the molecule is CCC(C)c1cc(Oc2c(Cl)cc(-n3[nH]c(=O)[nH]c3=O)cc2Cl)ccc1OC. The molecule has 0 aliphatic rings. The zero-order valence-corrected chi connectivity index (χ0v) is 17.0. The van der Waals surface area contributed by atoms with E-state index < -0.39 is 11.4 Å². The number of nitrogens with zero attached hydrogens (tertiary/aromatic N) is 1. The monoisotopic (exact) mass is 423 g/mol. The first-order valence-electron chi connectivity index (χ1n) is 8.60. The van der Waals surface area contributed by atoms with Gasteiger partial charge in [-0.05, 0) is 42.7 Å². The van der Waals surface area contributed by atoms with Crippen LogP contribution in [0.25, 0.3) is 5.69 Å². The van der Waals surface area contributed by atoms with Crippen molar-refractivity contribution in [3.63, 3.8) is 0 Å². The van der Waals surface area contributed by atoms with Gasteiger partial charge in [-0.2, -0.15) is 0 Å². The molecule has 148 valence electrons. The van der Waals surface area contributed by atoms with E-state index in [1.54, 1.807) is 13.2 Å². The average Bonchev–Trinajstić information content (AvgIpc) is 3.01. The molecule has 0 aliphatic heterocycles. The predicted octanol–water partition coefficient (Wildman–Crippen LogP) is 4.48. The summed E-state index contributed by atoms with van der Waals surface area (Å²) in [5.41, 5.74) is 0.0658. The normalized spacial score (nSPS) is 12.0. The van der Waals surface area contributed by atoms with Gasteiger partial charge in [-0.25, -0.2) is 19.4 Å². The summed E-state index contributed by atoms with van der Waals surface area (Å²) in [6.45, 7) is 4.20. The van der Waals surface area contributed by atoms with Crippen LogP contribution in [0.2, 0.25) is 10.0 Å². The minimum absolute atomic E-state index is 0.192. The Morgan fingerprint density at radius 3 is 2.36 bits per heavy atom. The molecule has 0 spiro atoms. The average molecular weight is 424 g/mol. The van der Waals surface area contributed by atoms with Gasteiger partial charge in [-0.1, -0.05) is 37.0 Å². The summed E-state index contributed by atoms with van der Waals surface area (Å²) in [4.78, 5) is 25.2. The van der Waals surface area contributed by atoms with Crippen molar-refractivity contribution in [3.05, 3.63) is 66.9 Å². The van der Waals surface area contributed by atoms with Crippen molar-refractivity contribution in [1.82, 2.24) is 14.8 Å². The maximum atomic E-state index is 11.8. The molecule has 1 aromatic heterocycles. The molecule has 1 atom stereocenters. The lowest BCUT2D eigenvalue weighted by Crippen LogP contribution is -2.16. The first-order valence-corrected chi connectivity index (χ1v) is 9.36. The Kier molecular flexibility index (Phi) is 5.86. The van der Waals surface area contributed by atoms with Gasteiger partial charge in [0.25, 0.3) is 0 Å². The summed E-state index contributed by atoms with van der Waals surface area (Å²) < 4.78 is 12.4. The molecule has 28 heavy (non-hydrogen) atoms. The number of ether oxygens (including phenoxy) is 2. The minimum atomic E-state index is -0.631. The van der Waals surface area contributed by atoms with Crippen molar-refractivity contribution in [2.75, 3.05) is 7.11 Å². The molecule has 0 saturated heterocycles. The van der Waals surface area contributed by atoms with Gasteiger partial charge < -0.3 is 9.47 Å². The summed E-state index contributed by atoms with van der Waals surface area (Å²) in [6.07, 6.45) is 0.944. The van der Waals surface area contributed by atoms with E-state index in [1.165, 1.54) is 12.1 Å². The first-order chi connectivity index (χ1) is 13.3. The Morgan fingerprint density at radius 2 is 1.82 bits per heavy atom. The predicted molar refractivity (Wildman–Crippen MR) is 109 cm³/mol. The second-order valence-corrected chi connectivity index (χ2v) is 7.07. The second kappa shape index (κ2) is 8.16. The molecule has 2 aromatic carbocycles. The van der Waals surface area contributed by atoms with Gasteiger partial charge in [-0.3, -0.25) is 4.98 Å². The molecule has 0 bridgehead atoms. The number of aromatic nitrogens is 3. The third-order valence-electron chi connectivity index (χ3n) is 4.44. The van der Waals surface area contributed by atoms with Crippen LogP contribution in [0, 0.1) is 0 Å². The number of hydrogen-bond acceptors (Lipinski definition) is 4. The maximum Gasteiger partial charge on any atom is 0.349 e. The number of hydrogen-bond donors (Lipinski definition) is 2. The van der Waals surface area contributed by atoms with Crippen LogP contribution in [0.5, 0.6) is 17.2 Å². The number of benzene rings is 2. The van der Waals surface area contributed by atoms with E-state index in [0.29, 0.717) is 11.4 Å². The fourth-order valence-corrected chi connectivity index (χ4v) is 3.34. The van der Waals surface area contributed by atoms with Crippen molar-refractivity contribution >= 4 is 23.2 Å². The van der Waals surface area contributed by atoms with Gasteiger partial charge in [0.2, 0.25) is 0 Å². The molecule has 1 unspecified atom stereocenters. The number of methoxy groups -OCH3 is 1. The molecule has 0 saturated carbocycles. The molecule has 7 nitrogen and oxygen atoms in total. The molecule has 9 heteroatoms. The summed E-state index contributed by atoms with van der Waals surface area (Å²) in [7, 11) is 1.63. The van der Waals surface area contributed by atoms with Crippen LogP contribution in [0.4, 0.5) is 0 Å². The number of halogens is 2. The molecule has 0 aliphatic carbocycles. The summed E-state index contributed by atoms with van der Waals surface area (Å²) in [5, 5.41) is 2.73. The highest BCUT2D eigenvalue weighted by Gasteiger charge is 2.16. The zero-order chi connectivity index (χ0) is 20.4. The first kappa shape index (κ1) is 20.1. The van der Waals surface area contributed by atoms with E-state index in [-0.39, 0.29) is 21.7 Å². The third-order valence-corrected chi connectivity index (χ3v) is 5.00. The van der Waals surface area contributed by atoms with Crippen LogP contribution in [-0.4, -0.2) is 21.9 Å². The molecular formula is C19H19Cl2N3O4. The highest BCUT2D eigenvalue weighted by molar-refractivity contribution is 6.37. The molecular weight excluding hydrogens is 405 g/mol. The smallest absolute Gasteiger partial charge is 0.349 e. The van der Waals surface area contributed by atoms with Crippen molar-refractivity contribution in [2.24, 2.45) is 0 Å². The van der Waals surface area contributed by atoms with Gasteiger partial charge in [0, 0.05) is 5.56 Å². The number of rotatable bonds is 6. The van der Waals surface area contributed by atoms with Gasteiger partial charge in [0.05, 0.1) is 22.8 Å². The Hall–Kier alpha value is -2.64. The van der Waals surface area contributed by atoms with E-state index in [9.17, 15) is 9.59 Å². The van der Waals surface area contributed by atoms with E-state index in [2.05, 4.69) is 23.9 Å². The number of aromatic amines is 2. The van der Waals surface area contributed by atoms with Crippen LogP contribution in [0.1, 0.15) is 31.7 Å². The quantitative estimate of drug-likeness (QED) is 0.611. The number of nitrogens with one attached hydrogen (secondary N) is 2. The molecule has 0 fully saturated rings. The largest absolute Gasteiger partial charge is 0.496 e. The van der Waals surface area contributed by atoms with E-state index in [1.807, 2.05) is 12.1 Å². The van der Waals surface area contributed by atoms with Crippen molar-refractivity contribution in [1.29, 1.82) is 0 Å². The zero-order valence-electron chi connectivity index (χ0n) is 15.5. The van der Waals surface area contributed by atoms with Crippen LogP contribution in [0.3, 0.4) is 0 Å². The van der Waals surface area contributed by atoms with Crippen molar-refractivity contribution < 1.29 is 9.47 Å². The minimum Gasteiger partial charge on any atom is -0.496 e. The fourth-order valence-electron chi connectivity index (χ4n) is 2.79. The maximum absolute atomic E-state index is 11.8. The lowest BCUT2D eigenvalue weighted by atomic mass is 9.97. The van der Waals surface area contributed by atoms with Crippen LogP contribution in [0.15, 0.2) is 39.9 Å². The Balaban J connectivity index is 1.98. The van der Waals surface area contributed by atoms with Gasteiger partial charge in [0.15, 0.2) is 5.75 Å². The lowest BCUT2D eigenvalue weighted by Gasteiger charge is -2.17. The molecule has 1 heterocycles. The molecule has 0 radical (unpaired) electrons. The molecule has 0 amide bonds. The van der Waals surface area contributed by atoms with Crippen molar-refractivity contribution in [3.8, 4) is 22.9 Å². The van der Waals surface area contributed by atoms with E-state index >= 15 is 0 Å². The van der Waals surface area contributed by atoms with E-state index in [4.69, 9.17) is 32.7 Å². The van der Waals surface area contributed by atoms with Crippen LogP contribution in [-0.2, 0) is 0 Å². The Morgan fingerprint density at radius 1 is 1.14 bits per heavy atom. The fraction of sp³-hybridized carbons (Fsp3) is 0.263. The van der Waals surface area contributed by atoms with Gasteiger partial charge >= 0.3 is 11.4 Å². The molecule has 3 aromatic rings. The topological polar surface area (TPSA) is 89.1 Å². The number of H-pyrrole nitrogens is 2. The second-order valence-electron chi connectivity index (χ2n) is 6.26. The van der Waals surface area contributed by atoms with Gasteiger partial charge in [-0.15, -0.1) is 0 Å². The summed E-state index contributed by atoms with van der Waals surface area (Å²) in [6, 6.07) is 8.44. The van der Waals surface area contributed by atoms with Crippen LogP contribution < -0.4 is 20.9 Å². The van der Waals surface area contributed by atoms with Crippen LogP contribution >= 0.6 is 23.2 Å². The summed E-state index contributed by atoms with van der Waals surface area (Å²) >= 11 is 12.7. The summed E-state index contributed by atoms with van der Waals surface area (Å²) in [5.74, 6) is 1.87. The van der Waals surface area contributed by atoms with Gasteiger partial charge in [0.1, 0.15) is 11.5 Å². The van der Waals surface area contributed by atoms with E-state index in [0.717, 1.165) is 22.4 Å². The highest BCUT2D eigenvalue weighted by Crippen LogP contribution is 2.40. The third kappa shape index (κ3) is 3.95. The standard InChI is InChI=1S/C19H19Cl2N3O4/c1-4-10(2)13-9-12(5-6-16(13)27-3)28-17-14(20)7-11(8-15(17)21)24-19(26)22-18(25)23-24/h5-10H,4H2,1-3H3,(H2,22,23,25,26). The molecule has 2 N–H and O–H groups in total. The Labute approximate surface area is 170 Å².